The van der Waals surface area contributed by atoms with Gasteiger partial charge in [0.05, 0.1) is 6.10 Å². The number of hydrogen-bond donors (Lipinski definition) is 1. The second-order valence-electron chi connectivity index (χ2n) is 6.75. The molecular formula is C18H26FNO. The van der Waals surface area contributed by atoms with Crippen LogP contribution in [-0.2, 0) is 0 Å². The lowest BCUT2D eigenvalue weighted by molar-refractivity contribution is 0.0704. The second-order valence-corrected chi connectivity index (χ2v) is 6.75. The van der Waals surface area contributed by atoms with Crippen LogP contribution >= 0.6 is 0 Å². The molecule has 0 aromatic heterocycles. The predicted octanol–water partition coefficient (Wildman–Crippen LogP) is 3.76. The van der Waals surface area contributed by atoms with Crippen LogP contribution in [0.2, 0.25) is 0 Å². The number of aliphatic hydroxyl groups is 1. The van der Waals surface area contributed by atoms with Gasteiger partial charge < -0.3 is 10.0 Å². The molecule has 2 nitrogen and oxygen atoms in total. The summed E-state index contributed by atoms with van der Waals surface area (Å²) in [5, 5.41) is 10.2. The van der Waals surface area contributed by atoms with Gasteiger partial charge in [-0.1, -0.05) is 31.4 Å². The van der Waals surface area contributed by atoms with E-state index in [4.69, 9.17) is 0 Å². The van der Waals surface area contributed by atoms with E-state index in [2.05, 4.69) is 4.90 Å². The van der Waals surface area contributed by atoms with Gasteiger partial charge in [-0.2, -0.15) is 0 Å². The smallest absolute Gasteiger partial charge is 0.123 e. The summed E-state index contributed by atoms with van der Waals surface area (Å²) in [7, 11) is 0. The summed E-state index contributed by atoms with van der Waals surface area (Å²) in [5.41, 5.74) is 0.697. The third-order valence-corrected chi connectivity index (χ3v) is 5.33. The molecule has 0 bridgehead atoms. The highest BCUT2D eigenvalue weighted by molar-refractivity contribution is 5.18. The zero-order valence-electron chi connectivity index (χ0n) is 12.7. The molecule has 1 N–H and O–H groups in total. The van der Waals surface area contributed by atoms with Gasteiger partial charge in [-0.15, -0.1) is 0 Å². The van der Waals surface area contributed by atoms with Crippen molar-refractivity contribution >= 4 is 0 Å². The first-order valence-corrected chi connectivity index (χ1v) is 8.38. The van der Waals surface area contributed by atoms with E-state index in [1.165, 1.54) is 50.8 Å². The lowest BCUT2D eigenvalue weighted by atomic mass is 9.75. The fourth-order valence-corrected chi connectivity index (χ4v) is 4.06. The van der Waals surface area contributed by atoms with E-state index < -0.39 is 6.10 Å². The lowest BCUT2D eigenvalue weighted by Gasteiger charge is -2.41. The van der Waals surface area contributed by atoms with Crippen molar-refractivity contribution < 1.29 is 9.50 Å². The van der Waals surface area contributed by atoms with Crippen molar-refractivity contribution in [1.29, 1.82) is 0 Å². The number of hydrogen-bond acceptors (Lipinski definition) is 2. The highest BCUT2D eigenvalue weighted by Gasteiger charge is 2.30. The zero-order chi connectivity index (χ0) is 14.7. The molecule has 1 saturated heterocycles. The largest absolute Gasteiger partial charge is 0.388 e. The van der Waals surface area contributed by atoms with Crippen molar-refractivity contribution in [2.75, 3.05) is 19.6 Å². The molecule has 1 aromatic carbocycles. The normalized spacial score (nSPS) is 28.1. The molecule has 0 amide bonds. The molecule has 3 unspecified atom stereocenters. The molecule has 1 aliphatic carbocycles. The summed E-state index contributed by atoms with van der Waals surface area (Å²) in [6.45, 7) is 3.28. The van der Waals surface area contributed by atoms with E-state index in [9.17, 15) is 9.50 Å². The maximum absolute atomic E-state index is 13.2. The van der Waals surface area contributed by atoms with Crippen molar-refractivity contribution in [2.45, 2.75) is 44.6 Å². The summed E-state index contributed by atoms with van der Waals surface area (Å²) in [6, 6.07) is 6.34. The maximum Gasteiger partial charge on any atom is 0.123 e. The Bertz CT molecular complexity index is 464. The van der Waals surface area contributed by atoms with Crippen molar-refractivity contribution in [1.82, 2.24) is 4.90 Å². The van der Waals surface area contributed by atoms with Crippen LogP contribution in [-0.4, -0.2) is 29.6 Å². The van der Waals surface area contributed by atoms with Gasteiger partial charge in [0.1, 0.15) is 5.82 Å². The van der Waals surface area contributed by atoms with E-state index >= 15 is 0 Å². The van der Waals surface area contributed by atoms with Crippen molar-refractivity contribution in [3.8, 4) is 0 Å². The number of likely N-dealkylation sites (tertiary alicyclic amines) is 1. The van der Waals surface area contributed by atoms with E-state index in [0.717, 1.165) is 24.9 Å². The Labute approximate surface area is 127 Å². The van der Waals surface area contributed by atoms with Crippen LogP contribution in [0.15, 0.2) is 24.3 Å². The molecule has 116 valence electrons. The highest BCUT2D eigenvalue weighted by atomic mass is 19.1. The van der Waals surface area contributed by atoms with Crippen LogP contribution in [0.5, 0.6) is 0 Å². The number of nitrogens with zero attached hydrogens (tertiary/aromatic N) is 1. The van der Waals surface area contributed by atoms with Gasteiger partial charge in [-0.25, -0.2) is 4.39 Å². The fourth-order valence-electron chi connectivity index (χ4n) is 4.06. The molecule has 21 heavy (non-hydrogen) atoms. The summed E-state index contributed by atoms with van der Waals surface area (Å²) in [5.74, 6) is 1.55. The van der Waals surface area contributed by atoms with Crippen LogP contribution < -0.4 is 0 Å². The molecule has 1 heterocycles. The first kappa shape index (κ1) is 15.0. The molecule has 1 saturated carbocycles. The molecule has 2 fully saturated rings. The summed E-state index contributed by atoms with van der Waals surface area (Å²) in [4.78, 5) is 2.50. The van der Waals surface area contributed by atoms with E-state index in [1.54, 1.807) is 12.1 Å². The maximum atomic E-state index is 13.2. The summed E-state index contributed by atoms with van der Waals surface area (Å²) in [6.07, 6.45) is 7.07. The molecule has 3 heteroatoms. The summed E-state index contributed by atoms with van der Waals surface area (Å²) < 4.78 is 13.2. The molecular weight excluding hydrogens is 265 g/mol. The summed E-state index contributed by atoms with van der Waals surface area (Å²) >= 11 is 0. The van der Waals surface area contributed by atoms with Crippen LogP contribution in [0.4, 0.5) is 4.39 Å². The average molecular weight is 291 g/mol. The molecule has 2 aliphatic rings. The van der Waals surface area contributed by atoms with Crippen LogP contribution in [0.1, 0.15) is 50.2 Å². The molecule has 3 rings (SSSR count). The second kappa shape index (κ2) is 6.89. The van der Waals surface area contributed by atoms with Gasteiger partial charge in [0.15, 0.2) is 0 Å². The van der Waals surface area contributed by atoms with Gasteiger partial charge in [0.25, 0.3) is 0 Å². The Balaban J connectivity index is 1.49. The van der Waals surface area contributed by atoms with Crippen LogP contribution in [0, 0.1) is 17.7 Å². The fraction of sp³-hybridized carbons (Fsp3) is 0.667. The molecule has 3 atom stereocenters. The number of aliphatic hydroxyl groups excluding tert-OH is 1. The van der Waals surface area contributed by atoms with Crippen molar-refractivity contribution in [3.63, 3.8) is 0 Å². The van der Waals surface area contributed by atoms with Crippen molar-refractivity contribution in [3.05, 3.63) is 35.6 Å². The van der Waals surface area contributed by atoms with Gasteiger partial charge in [-0.05, 0) is 55.3 Å². The van der Waals surface area contributed by atoms with Gasteiger partial charge in [-0.3, -0.25) is 0 Å². The van der Waals surface area contributed by atoms with Crippen LogP contribution in [0.3, 0.4) is 0 Å². The molecule has 0 spiro atoms. The van der Waals surface area contributed by atoms with E-state index in [-0.39, 0.29) is 5.82 Å². The van der Waals surface area contributed by atoms with E-state index in [0.29, 0.717) is 12.0 Å². The number of piperidine rings is 1. The lowest BCUT2D eigenvalue weighted by Crippen LogP contribution is -2.42. The minimum Gasteiger partial charge on any atom is -0.388 e. The van der Waals surface area contributed by atoms with Crippen LogP contribution in [0.25, 0.3) is 0 Å². The Hall–Kier alpha value is -0.930. The Morgan fingerprint density at radius 2 is 2.00 bits per heavy atom. The SMILES string of the molecule is OC(CCN1CCC2CCCCC2C1)c1cccc(F)c1. The zero-order valence-corrected chi connectivity index (χ0v) is 12.7. The quantitative estimate of drug-likeness (QED) is 0.913. The minimum atomic E-state index is -0.551. The Morgan fingerprint density at radius 3 is 2.81 bits per heavy atom. The third-order valence-electron chi connectivity index (χ3n) is 5.33. The van der Waals surface area contributed by atoms with Gasteiger partial charge in [0, 0.05) is 13.1 Å². The third kappa shape index (κ3) is 3.83. The molecule has 1 aliphatic heterocycles. The standard InChI is InChI=1S/C18H26FNO/c19-17-7-3-6-15(12-17)18(21)9-11-20-10-8-14-4-1-2-5-16(14)13-20/h3,6-7,12,14,16,18,21H,1-2,4-5,8-11,13H2. The van der Waals surface area contributed by atoms with E-state index in [1.807, 2.05) is 0 Å². The average Bonchev–Trinajstić information content (AvgIpc) is 2.52. The van der Waals surface area contributed by atoms with Gasteiger partial charge in [0.2, 0.25) is 0 Å². The number of fused-ring (bicyclic) bond motifs is 1. The topological polar surface area (TPSA) is 23.5 Å². The van der Waals surface area contributed by atoms with Crippen molar-refractivity contribution in [2.24, 2.45) is 11.8 Å². The molecule has 1 aromatic rings. The first-order chi connectivity index (χ1) is 10.2. The Kier molecular flexibility index (Phi) is 4.91. The molecule has 0 radical (unpaired) electrons. The monoisotopic (exact) mass is 291 g/mol. The number of halogens is 1. The minimum absolute atomic E-state index is 0.269. The number of benzene rings is 1. The number of rotatable bonds is 4. The first-order valence-electron chi connectivity index (χ1n) is 8.38. The Morgan fingerprint density at radius 1 is 1.19 bits per heavy atom. The predicted molar refractivity (Wildman–Crippen MR) is 82.5 cm³/mol. The van der Waals surface area contributed by atoms with Gasteiger partial charge >= 0.3 is 0 Å². The highest BCUT2D eigenvalue weighted by Crippen LogP contribution is 2.36.